The third-order valence-corrected chi connectivity index (χ3v) is 13.7. The summed E-state index contributed by atoms with van der Waals surface area (Å²) < 4.78 is 32.8. The molecule has 66 heavy (non-hydrogen) atoms. The van der Waals surface area contributed by atoms with Crippen LogP contribution in [0.25, 0.3) is 0 Å². The van der Waals surface area contributed by atoms with Crippen molar-refractivity contribution in [3.05, 3.63) is 12.2 Å². The Bertz CT molecular complexity index is 1100. The molecule has 0 fully saturated rings. The Balaban J connectivity index is 3.76. The van der Waals surface area contributed by atoms with Gasteiger partial charge >= 0.3 is 19.8 Å². The van der Waals surface area contributed by atoms with E-state index in [2.05, 4.69) is 26.0 Å². The molecule has 0 rings (SSSR count). The minimum atomic E-state index is -4.64. The fourth-order valence-corrected chi connectivity index (χ4v) is 9.19. The fraction of sp³-hybridized carbons (Fsp3) is 0.927. The number of carbonyl (C=O) groups is 2. The van der Waals surface area contributed by atoms with Crippen molar-refractivity contribution in [3.63, 3.8) is 0 Å². The first-order chi connectivity index (χ1) is 32.3. The summed E-state index contributed by atoms with van der Waals surface area (Å²) in [5.41, 5.74) is 0. The largest absolute Gasteiger partial charge is 0.472 e. The molecule has 0 aromatic heterocycles. The van der Waals surface area contributed by atoms with Gasteiger partial charge in [-0.2, -0.15) is 0 Å². The number of carbonyl (C=O) groups excluding carboxylic acids is 2. The molecule has 0 spiro atoms. The number of aliphatic hydroxyl groups excluding tert-OH is 2. The van der Waals surface area contributed by atoms with Gasteiger partial charge in [-0.25, -0.2) is 4.57 Å². The van der Waals surface area contributed by atoms with Crippen molar-refractivity contribution in [2.24, 2.45) is 0 Å². The Hall–Kier alpha value is -1.29. The molecule has 0 amide bonds. The average Bonchev–Trinajstić information content (AvgIpc) is 3.31. The quantitative estimate of drug-likeness (QED) is 0.0233. The number of rotatable bonds is 54. The van der Waals surface area contributed by atoms with Crippen LogP contribution in [0.2, 0.25) is 0 Å². The van der Waals surface area contributed by atoms with Crippen molar-refractivity contribution < 1.29 is 47.8 Å². The number of unbranched alkanes of at least 4 members (excludes halogenated alkanes) is 38. The summed E-state index contributed by atoms with van der Waals surface area (Å²) in [5.74, 6) is -1.00. The molecule has 0 bridgehead atoms. The molecule has 3 unspecified atom stereocenters. The molecule has 0 saturated carbocycles. The van der Waals surface area contributed by atoms with E-state index in [1.54, 1.807) is 0 Å². The predicted octanol–water partition coefficient (Wildman–Crippen LogP) is 16.3. The Morgan fingerprint density at radius 1 is 0.394 bits per heavy atom. The smallest absolute Gasteiger partial charge is 0.457 e. The Morgan fingerprint density at radius 2 is 0.621 bits per heavy atom. The summed E-state index contributed by atoms with van der Waals surface area (Å²) in [6.45, 7) is 2.28. The second-order valence-electron chi connectivity index (χ2n) is 19.3. The van der Waals surface area contributed by atoms with Crippen molar-refractivity contribution >= 4 is 19.8 Å². The lowest BCUT2D eigenvalue weighted by Gasteiger charge is -2.20. The summed E-state index contributed by atoms with van der Waals surface area (Å²) in [6, 6.07) is 0. The highest BCUT2D eigenvalue weighted by atomic mass is 31.2. The first kappa shape index (κ1) is 64.7. The van der Waals surface area contributed by atoms with Gasteiger partial charge in [0.25, 0.3) is 0 Å². The maximum Gasteiger partial charge on any atom is 0.472 e. The fourth-order valence-electron chi connectivity index (χ4n) is 8.41. The molecule has 3 atom stereocenters. The van der Waals surface area contributed by atoms with E-state index < -0.39 is 58.4 Å². The van der Waals surface area contributed by atoms with Gasteiger partial charge in [-0.1, -0.05) is 251 Å². The van der Waals surface area contributed by atoms with Crippen LogP contribution in [0, 0.1) is 0 Å². The van der Waals surface area contributed by atoms with Crippen molar-refractivity contribution in [2.45, 2.75) is 302 Å². The minimum Gasteiger partial charge on any atom is -0.457 e. The van der Waals surface area contributed by atoms with Gasteiger partial charge in [-0.15, -0.1) is 0 Å². The monoisotopic (exact) mass is 959 g/mol. The molecule has 0 heterocycles. The van der Waals surface area contributed by atoms with E-state index in [9.17, 15) is 29.3 Å². The highest BCUT2D eigenvalue weighted by molar-refractivity contribution is 7.47. The van der Waals surface area contributed by atoms with Crippen molar-refractivity contribution in [1.82, 2.24) is 0 Å². The van der Waals surface area contributed by atoms with E-state index in [1.807, 2.05) is 0 Å². The highest BCUT2D eigenvalue weighted by Crippen LogP contribution is 2.43. The predicted molar refractivity (Wildman–Crippen MR) is 275 cm³/mol. The average molecular weight is 959 g/mol. The number of esters is 2. The molecule has 0 aliphatic rings. The van der Waals surface area contributed by atoms with E-state index in [1.165, 1.54) is 212 Å². The van der Waals surface area contributed by atoms with Crippen LogP contribution in [0.4, 0.5) is 0 Å². The number of ether oxygens (including phenoxy) is 2. The van der Waals surface area contributed by atoms with Crippen molar-refractivity contribution in [3.8, 4) is 0 Å². The van der Waals surface area contributed by atoms with Crippen LogP contribution < -0.4 is 0 Å². The Labute approximate surface area is 406 Å². The van der Waals surface area contributed by atoms with Gasteiger partial charge in [0.05, 0.1) is 26.4 Å². The molecule has 0 aliphatic heterocycles. The van der Waals surface area contributed by atoms with E-state index in [4.69, 9.17) is 18.5 Å². The van der Waals surface area contributed by atoms with E-state index in [0.717, 1.165) is 38.5 Å². The zero-order valence-electron chi connectivity index (χ0n) is 43.2. The lowest BCUT2D eigenvalue weighted by Crippen LogP contribution is -2.28. The van der Waals surface area contributed by atoms with E-state index in [-0.39, 0.29) is 12.8 Å². The summed E-state index contributed by atoms with van der Waals surface area (Å²) in [7, 11) is -4.64. The van der Waals surface area contributed by atoms with Crippen molar-refractivity contribution in [2.75, 3.05) is 26.4 Å². The zero-order valence-corrected chi connectivity index (χ0v) is 44.1. The second kappa shape index (κ2) is 51.6. The maximum absolute atomic E-state index is 12.4. The van der Waals surface area contributed by atoms with E-state index in [0.29, 0.717) is 12.8 Å². The molecule has 0 aromatic carbocycles. The number of hydrogen-bond donors (Lipinski definition) is 3. The van der Waals surface area contributed by atoms with Gasteiger partial charge in [-0.05, 0) is 38.5 Å². The number of phosphoric acid groups is 1. The Kier molecular flexibility index (Phi) is 50.5. The lowest BCUT2D eigenvalue weighted by molar-refractivity contribution is -0.153. The summed E-state index contributed by atoms with van der Waals surface area (Å²) in [4.78, 5) is 34.8. The summed E-state index contributed by atoms with van der Waals surface area (Å²) in [6.07, 6.45) is 54.8. The van der Waals surface area contributed by atoms with Crippen LogP contribution >= 0.6 is 7.82 Å². The number of hydrogen-bond acceptors (Lipinski definition) is 9. The molecular weight excluding hydrogens is 852 g/mol. The van der Waals surface area contributed by atoms with Gasteiger partial charge in [0.15, 0.2) is 0 Å². The van der Waals surface area contributed by atoms with Crippen LogP contribution in [0.5, 0.6) is 0 Å². The molecule has 11 heteroatoms. The zero-order chi connectivity index (χ0) is 48.3. The van der Waals surface area contributed by atoms with E-state index >= 15 is 0 Å². The van der Waals surface area contributed by atoms with Crippen molar-refractivity contribution in [1.29, 1.82) is 0 Å². The first-order valence-corrected chi connectivity index (χ1v) is 29.6. The number of allylic oxidation sites excluding steroid dienone is 2. The molecule has 392 valence electrons. The van der Waals surface area contributed by atoms with Crippen LogP contribution in [-0.4, -0.2) is 65.7 Å². The molecule has 0 aliphatic carbocycles. The minimum absolute atomic E-state index is 0.194. The van der Waals surface area contributed by atoms with Gasteiger partial charge in [0, 0.05) is 12.8 Å². The van der Waals surface area contributed by atoms with Gasteiger partial charge < -0.3 is 24.6 Å². The molecule has 0 radical (unpaired) electrons. The molecular formula is C55H107O10P. The molecule has 0 saturated heterocycles. The third-order valence-electron chi connectivity index (χ3n) is 12.7. The SMILES string of the molecule is CCCCCCCCCC/C=C\CCCCCCCCCCCC(=O)OC(CO)COP(=O)(O)OCC(CO)OC(=O)CCCCCCCCCCCCCCCCCCCCCCCC. The standard InChI is InChI=1S/C55H107O10P/c1-3-5-7-9-11-13-15-17-19-21-23-25-27-29-31-33-35-37-39-41-43-45-47-55(59)65-53(49-57)51-63-66(60,61)62-50-52(48-56)64-54(58)46-44-42-40-38-36-34-32-30-28-26-24-22-20-18-16-14-12-10-8-6-4-2/h22,24,52-53,56-57H,3-21,23,25-51H2,1-2H3,(H,60,61)/b24-22-. The molecule has 0 aromatic rings. The topological polar surface area (TPSA) is 149 Å². The normalized spacial score (nSPS) is 13.6. The second-order valence-corrected chi connectivity index (χ2v) is 20.7. The first-order valence-electron chi connectivity index (χ1n) is 28.1. The molecule has 3 N–H and O–H groups in total. The summed E-state index contributed by atoms with van der Waals surface area (Å²) >= 11 is 0. The lowest BCUT2D eigenvalue weighted by atomic mass is 10.0. The van der Waals surface area contributed by atoms with Crippen LogP contribution in [0.15, 0.2) is 12.2 Å². The van der Waals surface area contributed by atoms with Gasteiger partial charge in [0.1, 0.15) is 12.2 Å². The van der Waals surface area contributed by atoms with Crippen LogP contribution in [0.3, 0.4) is 0 Å². The maximum atomic E-state index is 12.4. The molecule has 10 nitrogen and oxygen atoms in total. The highest BCUT2D eigenvalue weighted by Gasteiger charge is 2.27. The van der Waals surface area contributed by atoms with Crippen LogP contribution in [-0.2, 0) is 32.7 Å². The Morgan fingerprint density at radius 3 is 0.864 bits per heavy atom. The number of aliphatic hydroxyl groups is 2. The summed E-state index contributed by atoms with van der Waals surface area (Å²) in [5, 5.41) is 19.3. The van der Waals surface area contributed by atoms with Crippen LogP contribution in [0.1, 0.15) is 290 Å². The van der Waals surface area contributed by atoms with Gasteiger partial charge in [-0.3, -0.25) is 18.6 Å². The number of phosphoric ester groups is 1. The third kappa shape index (κ3) is 49.1. The van der Waals surface area contributed by atoms with Gasteiger partial charge in [0.2, 0.25) is 0 Å².